The van der Waals surface area contributed by atoms with Crippen molar-refractivity contribution >= 4 is 5.82 Å². The van der Waals surface area contributed by atoms with Gasteiger partial charge in [-0.05, 0) is 17.0 Å². The van der Waals surface area contributed by atoms with Gasteiger partial charge in [0.25, 0.3) is 0 Å². The molecule has 0 aliphatic carbocycles. The molecular formula is C15H25FN2O. The summed E-state index contributed by atoms with van der Waals surface area (Å²) in [5.74, 6) is 0.389. The van der Waals surface area contributed by atoms with Crippen molar-refractivity contribution in [3.63, 3.8) is 0 Å². The van der Waals surface area contributed by atoms with Gasteiger partial charge in [0.1, 0.15) is 11.6 Å². The molecule has 0 saturated heterocycles. The Hall–Kier alpha value is -1.16. The molecule has 0 saturated carbocycles. The van der Waals surface area contributed by atoms with Gasteiger partial charge >= 0.3 is 0 Å². The predicted molar refractivity (Wildman–Crippen MR) is 77.2 cm³/mol. The van der Waals surface area contributed by atoms with E-state index in [1.807, 2.05) is 41.5 Å². The number of hydrogen-bond acceptors (Lipinski definition) is 3. The highest BCUT2D eigenvalue weighted by Gasteiger charge is 2.28. The van der Waals surface area contributed by atoms with Crippen LogP contribution >= 0.6 is 0 Å². The Morgan fingerprint density at radius 3 is 2.16 bits per heavy atom. The summed E-state index contributed by atoms with van der Waals surface area (Å²) in [6, 6.07) is 1.74. The Kier molecular flexibility index (Phi) is 4.56. The number of aliphatic hydroxyl groups is 1. The van der Waals surface area contributed by atoms with Crippen LogP contribution in [-0.2, 0) is 10.8 Å². The van der Waals surface area contributed by atoms with E-state index in [1.54, 1.807) is 6.07 Å². The van der Waals surface area contributed by atoms with E-state index in [0.29, 0.717) is 23.6 Å². The summed E-state index contributed by atoms with van der Waals surface area (Å²) in [6.07, 6.45) is 0. The molecule has 1 rings (SSSR count). The van der Waals surface area contributed by atoms with Gasteiger partial charge in [0.2, 0.25) is 0 Å². The standard InChI is InChI=1S/C15H25FN2O/c1-14(2,3)10-9-11(17-7-8-19)18-13(12(10)16)15(4,5)6/h9,19H,7-8H2,1-6H3,(H,17,18). The van der Waals surface area contributed by atoms with E-state index in [9.17, 15) is 4.39 Å². The fraction of sp³-hybridized carbons (Fsp3) is 0.667. The van der Waals surface area contributed by atoms with Crippen LogP contribution in [0.3, 0.4) is 0 Å². The molecule has 19 heavy (non-hydrogen) atoms. The Morgan fingerprint density at radius 2 is 1.74 bits per heavy atom. The van der Waals surface area contributed by atoms with E-state index in [4.69, 9.17) is 5.11 Å². The van der Waals surface area contributed by atoms with Crippen molar-refractivity contribution in [1.82, 2.24) is 4.98 Å². The van der Waals surface area contributed by atoms with Gasteiger partial charge in [-0.25, -0.2) is 9.37 Å². The van der Waals surface area contributed by atoms with E-state index >= 15 is 0 Å². The van der Waals surface area contributed by atoms with Crippen molar-refractivity contribution in [2.45, 2.75) is 52.4 Å². The summed E-state index contributed by atoms with van der Waals surface area (Å²) < 4.78 is 14.6. The van der Waals surface area contributed by atoms with E-state index in [2.05, 4.69) is 10.3 Å². The normalized spacial score (nSPS) is 12.6. The minimum Gasteiger partial charge on any atom is -0.395 e. The summed E-state index contributed by atoms with van der Waals surface area (Å²) >= 11 is 0. The molecule has 0 aromatic carbocycles. The lowest BCUT2D eigenvalue weighted by Crippen LogP contribution is -2.23. The Morgan fingerprint density at radius 1 is 1.16 bits per heavy atom. The highest BCUT2D eigenvalue weighted by molar-refractivity contribution is 5.44. The van der Waals surface area contributed by atoms with Crippen LogP contribution in [0.25, 0.3) is 0 Å². The number of anilines is 1. The first-order valence-electron chi connectivity index (χ1n) is 6.63. The predicted octanol–water partition coefficient (Wildman–Crippen LogP) is 3.22. The largest absolute Gasteiger partial charge is 0.395 e. The van der Waals surface area contributed by atoms with Crippen molar-refractivity contribution in [2.75, 3.05) is 18.5 Å². The first-order chi connectivity index (χ1) is 8.57. The second-order valence-corrected chi connectivity index (χ2v) is 6.87. The maximum Gasteiger partial charge on any atom is 0.149 e. The van der Waals surface area contributed by atoms with Gasteiger partial charge in [0.05, 0.1) is 12.3 Å². The van der Waals surface area contributed by atoms with Crippen LogP contribution in [-0.4, -0.2) is 23.2 Å². The van der Waals surface area contributed by atoms with Crippen molar-refractivity contribution in [3.05, 3.63) is 23.1 Å². The molecule has 0 amide bonds. The number of nitrogens with one attached hydrogen (secondary N) is 1. The van der Waals surface area contributed by atoms with Crippen molar-refractivity contribution < 1.29 is 9.50 Å². The first kappa shape index (κ1) is 15.9. The summed E-state index contributed by atoms with van der Waals surface area (Å²) in [5, 5.41) is 11.9. The number of halogens is 1. The van der Waals surface area contributed by atoms with Gasteiger partial charge in [-0.2, -0.15) is 0 Å². The maximum atomic E-state index is 14.6. The van der Waals surface area contributed by atoms with E-state index in [0.717, 1.165) is 0 Å². The van der Waals surface area contributed by atoms with Crippen molar-refractivity contribution in [2.24, 2.45) is 0 Å². The van der Waals surface area contributed by atoms with Gasteiger partial charge in [-0.1, -0.05) is 41.5 Å². The van der Waals surface area contributed by atoms with Gasteiger partial charge in [0.15, 0.2) is 0 Å². The van der Waals surface area contributed by atoms with Crippen LogP contribution in [0.4, 0.5) is 10.2 Å². The Balaban J connectivity index is 3.39. The third-order valence-corrected chi connectivity index (χ3v) is 2.89. The van der Waals surface area contributed by atoms with Gasteiger partial charge < -0.3 is 10.4 Å². The Bertz CT molecular complexity index is 409. The van der Waals surface area contributed by atoms with E-state index in [-0.39, 0.29) is 23.3 Å². The highest BCUT2D eigenvalue weighted by Crippen LogP contribution is 2.33. The van der Waals surface area contributed by atoms with Gasteiger partial charge in [0, 0.05) is 12.0 Å². The molecule has 0 atom stereocenters. The minimum atomic E-state index is -0.360. The first-order valence-corrected chi connectivity index (χ1v) is 6.63. The average molecular weight is 268 g/mol. The summed E-state index contributed by atoms with van der Waals surface area (Å²) in [4.78, 5) is 4.36. The lowest BCUT2D eigenvalue weighted by Gasteiger charge is -2.26. The minimum absolute atomic E-state index is 0.0226. The Labute approximate surface area is 115 Å². The molecular weight excluding hydrogens is 243 g/mol. The molecule has 0 radical (unpaired) electrons. The van der Waals surface area contributed by atoms with Crippen LogP contribution in [0.2, 0.25) is 0 Å². The molecule has 0 aliphatic heterocycles. The molecule has 0 fully saturated rings. The van der Waals surface area contributed by atoms with Crippen LogP contribution < -0.4 is 5.32 Å². The molecule has 0 spiro atoms. The summed E-state index contributed by atoms with van der Waals surface area (Å²) in [7, 11) is 0. The van der Waals surface area contributed by atoms with Crippen molar-refractivity contribution in [3.8, 4) is 0 Å². The molecule has 1 aromatic rings. The second-order valence-electron chi connectivity index (χ2n) is 6.87. The third-order valence-electron chi connectivity index (χ3n) is 2.89. The van der Waals surface area contributed by atoms with Gasteiger partial charge in [-0.15, -0.1) is 0 Å². The molecule has 3 nitrogen and oxygen atoms in total. The molecule has 0 bridgehead atoms. The SMILES string of the molecule is CC(C)(C)c1cc(NCCO)nc(C(C)(C)C)c1F. The summed E-state index contributed by atoms with van der Waals surface area (Å²) in [5.41, 5.74) is 0.456. The van der Waals surface area contributed by atoms with Crippen molar-refractivity contribution in [1.29, 1.82) is 0 Å². The quantitative estimate of drug-likeness (QED) is 0.884. The zero-order chi connectivity index (χ0) is 14.8. The molecule has 108 valence electrons. The smallest absolute Gasteiger partial charge is 0.149 e. The lowest BCUT2D eigenvalue weighted by molar-refractivity contribution is 0.311. The molecule has 1 aromatic heterocycles. The number of aliphatic hydroxyl groups excluding tert-OH is 1. The van der Waals surface area contributed by atoms with E-state index in [1.165, 1.54) is 0 Å². The van der Waals surface area contributed by atoms with Crippen LogP contribution in [0, 0.1) is 5.82 Å². The molecule has 0 aliphatic rings. The monoisotopic (exact) mass is 268 g/mol. The zero-order valence-corrected chi connectivity index (χ0v) is 12.8. The number of nitrogens with zero attached hydrogens (tertiary/aromatic N) is 1. The topological polar surface area (TPSA) is 45.1 Å². The third kappa shape index (κ3) is 3.90. The number of rotatable bonds is 3. The van der Waals surface area contributed by atoms with Crippen LogP contribution in [0.15, 0.2) is 6.07 Å². The molecule has 2 N–H and O–H groups in total. The van der Waals surface area contributed by atoms with Gasteiger partial charge in [-0.3, -0.25) is 0 Å². The molecule has 0 unspecified atom stereocenters. The highest BCUT2D eigenvalue weighted by atomic mass is 19.1. The second kappa shape index (κ2) is 5.45. The zero-order valence-electron chi connectivity index (χ0n) is 12.8. The van der Waals surface area contributed by atoms with Crippen LogP contribution in [0.1, 0.15) is 52.8 Å². The fourth-order valence-corrected chi connectivity index (χ4v) is 1.85. The molecule has 4 heteroatoms. The van der Waals surface area contributed by atoms with Crippen LogP contribution in [0.5, 0.6) is 0 Å². The molecule has 1 heterocycles. The number of aromatic nitrogens is 1. The average Bonchev–Trinajstić information content (AvgIpc) is 2.24. The summed E-state index contributed by atoms with van der Waals surface area (Å²) in [6.45, 7) is 12.2. The number of hydrogen-bond donors (Lipinski definition) is 2. The van der Waals surface area contributed by atoms with E-state index < -0.39 is 0 Å². The lowest BCUT2D eigenvalue weighted by atomic mass is 9.83. The maximum absolute atomic E-state index is 14.6. The number of pyridine rings is 1. The fourth-order valence-electron chi connectivity index (χ4n) is 1.85.